The van der Waals surface area contributed by atoms with E-state index in [1.807, 2.05) is 38.1 Å². The maximum atomic E-state index is 12.7. The number of nitrogens with zero attached hydrogens (tertiary/aromatic N) is 3. The van der Waals surface area contributed by atoms with E-state index in [4.69, 9.17) is 0 Å². The molecule has 1 amide bonds. The lowest BCUT2D eigenvalue weighted by Gasteiger charge is -2.30. The molecule has 152 valence electrons. The van der Waals surface area contributed by atoms with Gasteiger partial charge in [-0.2, -0.15) is 0 Å². The fraction of sp³-hybridized carbons (Fsp3) is 0.650. The predicted molar refractivity (Wildman–Crippen MR) is 112 cm³/mol. The van der Waals surface area contributed by atoms with Crippen molar-refractivity contribution in [3.05, 3.63) is 24.3 Å². The standard InChI is InChI=1S/C20H33N3O3S/c1-4-13-22(14-5-2)20(24)17-23(27(3,25)26)19-11-9-18(10-12-19)21-15-7-6-8-16-21/h9-12H,4-8,13-17H2,1-3H3. The molecule has 0 saturated carbocycles. The molecule has 1 heterocycles. The third-order valence-corrected chi connectivity index (χ3v) is 6.02. The molecule has 1 saturated heterocycles. The minimum atomic E-state index is -3.54. The second kappa shape index (κ2) is 9.97. The van der Waals surface area contributed by atoms with Crippen molar-refractivity contribution in [1.82, 2.24) is 4.90 Å². The van der Waals surface area contributed by atoms with Crippen LogP contribution in [0.1, 0.15) is 46.0 Å². The van der Waals surface area contributed by atoms with Crippen LogP contribution in [0.15, 0.2) is 24.3 Å². The number of amides is 1. The number of sulfonamides is 1. The number of piperidine rings is 1. The topological polar surface area (TPSA) is 60.9 Å². The van der Waals surface area contributed by atoms with Gasteiger partial charge in [0.15, 0.2) is 0 Å². The maximum Gasteiger partial charge on any atom is 0.243 e. The number of benzene rings is 1. The van der Waals surface area contributed by atoms with Gasteiger partial charge in [-0.3, -0.25) is 9.10 Å². The van der Waals surface area contributed by atoms with Gasteiger partial charge in [-0.25, -0.2) is 8.42 Å². The van der Waals surface area contributed by atoms with Crippen LogP contribution < -0.4 is 9.21 Å². The molecule has 0 unspecified atom stereocenters. The highest BCUT2D eigenvalue weighted by atomic mass is 32.2. The lowest BCUT2D eigenvalue weighted by molar-refractivity contribution is -0.129. The number of carbonyl (C=O) groups excluding carboxylic acids is 1. The van der Waals surface area contributed by atoms with Crippen molar-refractivity contribution in [3.63, 3.8) is 0 Å². The Morgan fingerprint density at radius 1 is 1.00 bits per heavy atom. The van der Waals surface area contributed by atoms with Gasteiger partial charge >= 0.3 is 0 Å². The molecule has 1 aliphatic heterocycles. The van der Waals surface area contributed by atoms with E-state index in [1.54, 1.807) is 4.90 Å². The molecule has 2 rings (SSSR count). The highest BCUT2D eigenvalue weighted by Gasteiger charge is 2.24. The molecule has 6 nitrogen and oxygen atoms in total. The number of carbonyl (C=O) groups is 1. The highest BCUT2D eigenvalue weighted by Crippen LogP contribution is 2.25. The lowest BCUT2D eigenvalue weighted by Crippen LogP contribution is -2.43. The van der Waals surface area contributed by atoms with Crippen LogP contribution in [0.5, 0.6) is 0 Å². The molecule has 1 aromatic carbocycles. The first-order chi connectivity index (χ1) is 12.9. The van der Waals surface area contributed by atoms with Gasteiger partial charge in [-0.15, -0.1) is 0 Å². The lowest BCUT2D eigenvalue weighted by atomic mass is 10.1. The summed E-state index contributed by atoms with van der Waals surface area (Å²) in [6, 6.07) is 7.53. The zero-order valence-corrected chi connectivity index (χ0v) is 17.7. The normalized spacial score (nSPS) is 14.9. The number of hydrogen-bond acceptors (Lipinski definition) is 4. The van der Waals surface area contributed by atoms with Crippen LogP contribution in [0.4, 0.5) is 11.4 Å². The van der Waals surface area contributed by atoms with Crippen LogP contribution in [-0.2, 0) is 14.8 Å². The summed E-state index contributed by atoms with van der Waals surface area (Å²) in [5, 5.41) is 0. The number of hydrogen-bond donors (Lipinski definition) is 0. The number of rotatable bonds is 9. The zero-order chi connectivity index (χ0) is 19.9. The minimum absolute atomic E-state index is 0.149. The van der Waals surface area contributed by atoms with Crippen molar-refractivity contribution in [2.75, 3.05) is 48.2 Å². The van der Waals surface area contributed by atoms with Crippen molar-refractivity contribution in [2.24, 2.45) is 0 Å². The zero-order valence-electron chi connectivity index (χ0n) is 16.9. The summed E-state index contributed by atoms with van der Waals surface area (Å²) in [7, 11) is -3.54. The Kier molecular flexibility index (Phi) is 7.95. The molecule has 1 fully saturated rings. The van der Waals surface area contributed by atoms with Gasteiger partial charge in [0, 0.05) is 31.9 Å². The molecular formula is C20H33N3O3S. The first-order valence-electron chi connectivity index (χ1n) is 9.97. The summed E-state index contributed by atoms with van der Waals surface area (Å²) in [4.78, 5) is 16.8. The van der Waals surface area contributed by atoms with E-state index in [1.165, 1.54) is 23.6 Å². The van der Waals surface area contributed by atoms with Gasteiger partial charge < -0.3 is 9.80 Å². The molecule has 0 atom stereocenters. The van der Waals surface area contributed by atoms with Crippen LogP contribution in [0, 0.1) is 0 Å². The fourth-order valence-corrected chi connectivity index (χ4v) is 4.36. The molecule has 0 radical (unpaired) electrons. The Balaban J connectivity index is 2.17. The molecule has 1 aliphatic rings. The van der Waals surface area contributed by atoms with Crippen molar-refractivity contribution in [3.8, 4) is 0 Å². The molecule has 0 spiro atoms. The highest BCUT2D eigenvalue weighted by molar-refractivity contribution is 7.92. The van der Waals surface area contributed by atoms with Gasteiger partial charge in [0.1, 0.15) is 6.54 Å². The largest absolute Gasteiger partial charge is 0.372 e. The Morgan fingerprint density at radius 2 is 1.56 bits per heavy atom. The average Bonchev–Trinajstić information content (AvgIpc) is 2.66. The average molecular weight is 396 g/mol. The van der Waals surface area contributed by atoms with E-state index < -0.39 is 10.0 Å². The molecule has 0 aliphatic carbocycles. The van der Waals surface area contributed by atoms with Gasteiger partial charge in [0.05, 0.1) is 11.9 Å². The summed E-state index contributed by atoms with van der Waals surface area (Å²) in [5.74, 6) is -0.149. The van der Waals surface area contributed by atoms with Gasteiger partial charge in [0.25, 0.3) is 0 Å². The minimum Gasteiger partial charge on any atom is -0.372 e. The Bertz CT molecular complexity index is 692. The first kappa shape index (κ1) is 21.5. The molecular weight excluding hydrogens is 362 g/mol. The Hall–Kier alpha value is -1.76. The van der Waals surface area contributed by atoms with Crippen LogP contribution in [0.2, 0.25) is 0 Å². The third kappa shape index (κ3) is 6.13. The molecule has 7 heteroatoms. The van der Waals surface area contributed by atoms with Crippen molar-refractivity contribution in [2.45, 2.75) is 46.0 Å². The van der Waals surface area contributed by atoms with E-state index in [2.05, 4.69) is 4.90 Å². The molecule has 1 aromatic rings. The molecule has 27 heavy (non-hydrogen) atoms. The second-order valence-electron chi connectivity index (χ2n) is 7.21. The van der Waals surface area contributed by atoms with Crippen molar-refractivity contribution >= 4 is 27.3 Å². The van der Waals surface area contributed by atoms with E-state index >= 15 is 0 Å². The van der Waals surface area contributed by atoms with Crippen LogP contribution in [0.3, 0.4) is 0 Å². The quantitative estimate of drug-likeness (QED) is 0.645. The summed E-state index contributed by atoms with van der Waals surface area (Å²) >= 11 is 0. The van der Waals surface area contributed by atoms with Crippen LogP contribution >= 0.6 is 0 Å². The van der Waals surface area contributed by atoms with Crippen molar-refractivity contribution < 1.29 is 13.2 Å². The second-order valence-corrected chi connectivity index (χ2v) is 9.12. The van der Waals surface area contributed by atoms with E-state index in [9.17, 15) is 13.2 Å². The van der Waals surface area contributed by atoms with Gasteiger partial charge in [-0.05, 0) is 56.4 Å². The molecule has 0 bridgehead atoms. The Morgan fingerprint density at radius 3 is 2.04 bits per heavy atom. The summed E-state index contributed by atoms with van der Waals surface area (Å²) in [6.07, 6.45) is 6.52. The van der Waals surface area contributed by atoms with E-state index in [-0.39, 0.29) is 12.5 Å². The molecule has 0 N–H and O–H groups in total. The first-order valence-corrected chi connectivity index (χ1v) is 11.8. The molecule has 0 aromatic heterocycles. The summed E-state index contributed by atoms with van der Waals surface area (Å²) in [6.45, 7) is 7.26. The fourth-order valence-electron chi connectivity index (χ4n) is 3.51. The predicted octanol–water partition coefficient (Wildman–Crippen LogP) is 3.09. The number of anilines is 2. The van der Waals surface area contributed by atoms with E-state index in [0.717, 1.165) is 37.9 Å². The van der Waals surface area contributed by atoms with Crippen molar-refractivity contribution in [1.29, 1.82) is 0 Å². The summed E-state index contributed by atoms with van der Waals surface area (Å²) in [5.41, 5.74) is 1.65. The van der Waals surface area contributed by atoms with Crippen LogP contribution in [0.25, 0.3) is 0 Å². The van der Waals surface area contributed by atoms with Crippen LogP contribution in [-0.4, -0.2) is 58.2 Å². The monoisotopic (exact) mass is 395 g/mol. The summed E-state index contributed by atoms with van der Waals surface area (Å²) < 4.78 is 25.9. The van der Waals surface area contributed by atoms with E-state index in [0.29, 0.717) is 18.8 Å². The SMILES string of the molecule is CCCN(CCC)C(=O)CN(c1ccc(N2CCCCC2)cc1)S(C)(=O)=O. The maximum absolute atomic E-state index is 12.7. The smallest absolute Gasteiger partial charge is 0.243 e. The van der Waals surface area contributed by atoms with Gasteiger partial charge in [0.2, 0.25) is 15.9 Å². The van der Waals surface area contributed by atoms with Gasteiger partial charge in [-0.1, -0.05) is 13.8 Å². The Labute approximate surface area is 164 Å². The third-order valence-electron chi connectivity index (χ3n) is 4.88.